The number of hydrogen-bond acceptors (Lipinski definition) is 3. The summed E-state index contributed by atoms with van der Waals surface area (Å²) in [5, 5.41) is 12.2. The molecule has 1 aliphatic rings. The van der Waals surface area contributed by atoms with Crippen LogP contribution in [0.5, 0.6) is 0 Å². The minimum atomic E-state index is -0.576. The maximum absolute atomic E-state index is 13.2. The number of hydrogen-bond donors (Lipinski definition) is 3. The molecule has 0 spiro atoms. The zero-order valence-corrected chi connectivity index (χ0v) is 10.7. The summed E-state index contributed by atoms with van der Waals surface area (Å²) in [6.07, 6.45) is 3.21. The predicted molar refractivity (Wildman–Crippen MR) is 71.1 cm³/mol. The number of nitrogen functional groups attached to an aromatic ring is 1. The van der Waals surface area contributed by atoms with Gasteiger partial charge in [-0.25, -0.2) is 4.39 Å². The highest BCUT2D eigenvalue weighted by Crippen LogP contribution is 2.23. The van der Waals surface area contributed by atoms with Crippen LogP contribution in [0.25, 0.3) is 0 Å². The maximum Gasteiger partial charge on any atom is 0.251 e. The normalized spacial score (nSPS) is 23.1. The van der Waals surface area contributed by atoms with E-state index in [-0.39, 0.29) is 23.3 Å². The Balaban J connectivity index is 1.85. The minimum Gasteiger partial charge on any atom is -0.396 e. The number of carbonyl (C=O) groups is 1. The average molecular weight is 266 g/mol. The molecule has 0 radical (unpaired) electrons. The Morgan fingerprint density at radius 1 is 1.37 bits per heavy atom. The Labute approximate surface area is 111 Å². The van der Waals surface area contributed by atoms with E-state index in [2.05, 4.69) is 5.32 Å². The van der Waals surface area contributed by atoms with Crippen LogP contribution < -0.4 is 11.1 Å². The number of aliphatic hydroxyl groups is 1. The van der Waals surface area contributed by atoms with Crippen molar-refractivity contribution in [3.63, 3.8) is 0 Å². The highest BCUT2D eigenvalue weighted by Gasteiger charge is 2.20. The average Bonchev–Trinajstić information content (AvgIpc) is 2.41. The summed E-state index contributed by atoms with van der Waals surface area (Å²) in [6.45, 7) is 0.567. The van der Waals surface area contributed by atoms with E-state index in [0.717, 1.165) is 31.7 Å². The summed E-state index contributed by atoms with van der Waals surface area (Å²) in [5.74, 6) is -0.468. The lowest BCUT2D eigenvalue weighted by Gasteiger charge is -2.25. The van der Waals surface area contributed by atoms with Crippen molar-refractivity contribution in [2.45, 2.75) is 31.8 Å². The van der Waals surface area contributed by atoms with Gasteiger partial charge in [-0.3, -0.25) is 4.79 Å². The standard InChI is InChI=1S/C14H19FN2O2/c15-12-7-10(3-6-13(12)16)14(19)17-8-9-1-4-11(18)5-2-9/h3,6-7,9,11,18H,1-2,4-5,8,16H2,(H,17,19). The summed E-state index contributed by atoms with van der Waals surface area (Å²) < 4.78 is 13.2. The molecule has 0 bridgehead atoms. The van der Waals surface area contributed by atoms with E-state index in [1.807, 2.05) is 0 Å². The van der Waals surface area contributed by atoms with E-state index >= 15 is 0 Å². The number of carbonyl (C=O) groups excluding carboxylic acids is 1. The van der Waals surface area contributed by atoms with Crippen LogP contribution in [0.2, 0.25) is 0 Å². The van der Waals surface area contributed by atoms with Crippen LogP contribution in [-0.4, -0.2) is 23.7 Å². The van der Waals surface area contributed by atoms with Crippen molar-refractivity contribution in [3.8, 4) is 0 Å². The molecule has 2 rings (SSSR count). The molecule has 0 aliphatic heterocycles. The summed E-state index contributed by atoms with van der Waals surface area (Å²) in [6, 6.07) is 4.05. The van der Waals surface area contributed by atoms with Crippen molar-refractivity contribution >= 4 is 11.6 Å². The molecular weight excluding hydrogens is 247 g/mol. The van der Waals surface area contributed by atoms with Crippen molar-refractivity contribution in [3.05, 3.63) is 29.6 Å². The molecule has 1 aromatic rings. The highest BCUT2D eigenvalue weighted by atomic mass is 19.1. The second-order valence-electron chi connectivity index (χ2n) is 5.12. The zero-order valence-electron chi connectivity index (χ0n) is 10.7. The Morgan fingerprint density at radius 3 is 2.68 bits per heavy atom. The van der Waals surface area contributed by atoms with Crippen molar-refractivity contribution in [1.82, 2.24) is 5.32 Å². The van der Waals surface area contributed by atoms with Gasteiger partial charge in [-0.2, -0.15) is 0 Å². The van der Waals surface area contributed by atoms with E-state index in [0.29, 0.717) is 12.5 Å². The fraction of sp³-hybridized carbons (Fsp3) is 0.500. The minimum absolute atomic E-state index is 0.0396. The predicted octanol–water partition coefficient (Wildman–Crippen LogP) is 1.69. The first-order valence-electron chi connectivity index (χ1n) is 6.57. The van der Waals surface area contributed by atoms with Gasteiger partial charge in [-0.05, 0) is 49.8 Å². The van der Waals surface area contributed by atoms with E-state index in [1.165, 1.54) is 12.1 Å². The lowest BCUT2D eigenvalue weighted by molar-refractivity contribution is 0.0910. The summed E-state index contributed by atoms with van der Waals surface area (Å²) in [7, 11) is 0. The van der Waals surface area contributed by atoms with E-state index in [4.69, 9.17) is 5.73 Å². The van der Waals surface area contributed by atoms with Gasteiger partial charge in [0.15, 0.2) is 0 Å². The second kappa shape index (κ2) is 6.02. The first-order chi connectivity index (χ1) is 9.06. The van der Waals surface area contributed by atoms with Crippen LogP contribution in [0.1, 0.15) is 36.0 Å². The molecule has 4 nitrogen and oxygen atoms in total. The molecule has 1 fully saturated rings. The van der Waals surface area contributed by atoms with Gasteiger partial charge < -0.3 is 16.2 Å². The van der Waals surface area contributed by atoms with Gasteiger partial charge in [0.2, 0.25) is 0 Å². The van der Waals surface area contributed by atoms with Gasteiger partial charge in [-0.15, -0.1) is 0 Å². The third-order valence-corrected chi connectivity index (χ3v) is 3.63. The number of nitrogens with two attached hydrogens (primary N) is 1. The smallest absolute Gasteiger partial charge is 0.251 e. The van der Waals surface area contributed by atoms with Crippen LogP contribution in [0.3, 0.4) is 0 Å². The molecule has 104 valence electrons. The maximum atomic E-state index is 13.2. The first kappa shape index (κ1) is 13.8. The number of aliphatic hydroxyl groups excluding tert-OH is 1. The molecule has 19 heavy (non-hydrogen) atoms. The Bertz CT molecular complexity index is 457. The van der Waals surface area contributed by atoms with Crippen molar-refractivity contribution < 1.29 is 14.3 Å². The third-order valence-electron chi connectivity index (χ3n) is 3.63. The lowest BCUT2D eigenvalue weighted by Crippen LogP contribution is -2.32. The molecule has 0 saturated heterocycles. The van der Waals surface area contributed by atoms with Gasteiger partial charge in [0.25, 0.3) is 5.91 Å². The zero-order chi connectivity index (χ0) is 13.8. The van der Waals surface area contributed by atoms with Crippen molar-refractivity contribution in [2.75, 3.05) is 12.3 Å². The van der Waals surface area contributed by atoms with Crippen LogP contribution >= 0.6 is 0 Å². The number of nitrogens with one attached hydrogen (secondary N) is 1. The fourth-order valence-electron chi connectivity index (χ4n) is 2.36. The lowest BCUT2D eigenvalue weighted by atomic mass is 9.87. The van der Waals surface area contributed by atoms with Crippen molar-refractivity contribution in [2.24, 2.45) is 5.92 Å². The molecule has 5 heteroatoms. The monoisotopic (exact) mass is 266 g/mol. The topological polar surface area (TPSA) is 75.4 Å². The number of amides is 1. The number of rotatable bonds is 3. The Morgan fingerprint density at radius 2 is 2.05 bits per heavy atom. The molecule has 1 aliphatic carbocycles. The third kappa shape index (κ3) is 3.67. The largest absolute Gasteiger partial charge is 0.396 e. The second-order valence-corrected chi connectivity index (χ2v) is 5.12. The Kier molecular flexibility index (Phi) is 4.37. The molecule has 0 aromatic heterocycles. The SMILES string of the molecule is Nc1ccc(C(=O)NCC2CCC(O)CC2)cc1F. The van der Waals surface area contributed by atoms with Crippen LogP contribution in [0, 0.1) is 11.7 Å². The first-order valence-corrected chi connectivity index (χ1v) is 6.57. The van der Waals surface area contributed by atoms with E-state index in [1.54, 1.807) is 0 Å². The van der Waals surface area contributed by atoms with Gasteiger partial charge in [0.1, 0.15) is 5.82 Å². The molecule has 0 unspecified atom stereocenters. The Hall–Kier alpha value is -1.62. The molecular formula is C14H19FN2O2. The van der Waals surface area contributed by atoms with Crippen LogP contribution in [0.4, 0.5) is 10.1 Å². The fourth-order valence-corrected chi connectivity index (χ4v) is 2.36. The van der Waals surface area contributed by atoms with Crippen molar-refractivity contribution in [1.29, 1.82) is 0 Å². The van der Waals surface area contributed by atoms with Gasteiger partial charge >= 0.3 is 0 Å². The number of halogens is 1. The van der Waals surface area contributed by atoms with Gasteiger partial charge in [0, 0.05) is 12.1 Å². The molecule has 1 saturated carbocycles. The molecule has 0 atom stereocenters. The van der Waals surface area contributed by atoms with Gasteiger partial charge in [-0.1, -0.05) is 0 Å². The van der Waals surface area contributed by atoms with Crippen LogP contribution in [0.15, 0.2) is 18.2 Å². The van der Waals surface area contributed by atoms with E-state index < -0.39 is 5.82 Å². The highest BCUT2D eigenvalue weighted by molar-refractivity contribution is 5.94. The molecule has 4 N–H and O–H groups in total. The van der Waals surface area contributed by atoms with Gasteiger partial charge in [0.05, 0.1) is 11.8 Å². The number of benzene rings is 1. The summed E-state index contributed by atoms with van der Waals surface area (Å²) >= 11 is 0. The molecule has 0 heterocycles. The summed E-state index contributed by atoms with van der Waals surface area (Å²) in [5.41, 5.74) is 5.68. The van der Waals surface area contributed by atoms with Crippen LogP contribution in [-0.2, 0) is 0 Å². The van der Waals surface area contributed by atoms with E-state index in [9.17, 15) is 14.3 Å². The number of anilines is 1. The quantitative estimate of drug-likeness (QED) is 0.729. The summed E-state index contributed by atoms with van der Waals surface area (Å²) in [4.78, 5) is 11.8. The molecule has 1 amide bonds. The molecule has 1 aromatic carbocycles.